The van der Waals surface area contributed by atoms with Crippen LogP contribution in [0.25, 0.3) is 0 Å². The van der Waals surface area contributed by atoms with E-state index in [0.717, 1.165) is 24.4 Å². The maximum absolute atomic E-state index is 10.2. The molecule has 0 saturated carbocycles. The highest BCUT2D eigenvalue weighted by atomic mass is 79.9. The molecular formula is C11H11Br2ClN2OS. The number of aryl methyl sites for hydroxylation is 2. The largest absolute Gasteiger partial charge is 0.387 e. The standard InChI is InChI=1S/C11H11Br2ClN2OS/c1-5-6(11(14)16(2)15-5)3-8(17)9-4-7(12)10(13)18-9/h4,8,17H,3H2,1-2H3. The summed E-state index contributed by atoms with van der Waals surface area (Å²) in [5.41, 5.74) is 1.75. The number of aliphatic hydroxyl groups excluding tert-OH is 1. The Labute approximate surface area is 131 Å². The Hall–Kier alpha value is 0.120. The van der Waals surface area contributed by atoms with E-state index in [1.54, 1.807) is 11.7 Å². The van der Waals surface area contributed by atoms with Gasteiger partial charge in [0.1, 0.15) is 5.15 Å². The summed E-state index contributed by atoms with van der Waals surface area (Å²) in [6, 6.07) is 1.92. The average molecular weight is 415 g/mol. The van der Waals surface area contributed by atoms with Crippen LogP contribution in [0.5, 0.6) is 0 Å². The SMILES string of the molecule is Cc1nn(C)c(Cl)c1CC(O)c1cc(Br)c(Br)s1. The van der Waals surface area contributed by atoms with Crippen LogP contribution in [-0.2, 0) is 13.5 Å². The highest BCUT2D eigenvalue weighted by Crippen LogP contribution is 2.37. The van der Waals surface area contributed by atoms with Crippen molar-refractivity contribution in [2.75, 3.05) is 0 Å². The van der Waals surface area contributed by atoms with E-state index < -0.39 is 6.10 Å². The molecule has 0 radical (unpaired) electrons. The van der Waals surface area contributed by atoms with Crippen LogP contribution in [0.15, 0.2) is 14.3 Å². The number of hydrogen-bond donors (Lipinski definition) is 1. The van der Waals surface area contributed by atoms with E-state index in [4.69, 9.17) is 11.6 Å². The van der Waals surface area contributed by atoms with Gasteiger partial charge in [0.15, 0.2) is 0 Å². The fraction of sp³-hybridized carbons (Fsp3) is 0.364. The number of aromatic nitrogens is 2. The summed E-state index contributed by atoms with van der Waals surface area (Å²) < 4.78 is 3.56. The molecule has 98 valence electrons. The average Bonchev–Trinajstić information content (AvgIpc) is 2.75. The molecule has 0 fully saturated rings. The molecule has 3 nitrogen and oxygen atoms in total. The van der Waals surface area contributed by atoms with Crippen molar-refractivity contribution in [3.8, 4) is 0 Å². The minimum absolute atomic E-state index is 0.470. The van der Waals surface area contributed by atoms with Gasteiger partial charge in [-0.15, -0.1) is 11.3 Å². The molecule has 2 aromatic heterocycles. The molecule has 1 unspecified atom stereocenters. The molecule has 1 N–H and O–H groups in total. The molecule has 0 aliphatic carbocycles. The van der Waals surface area contributed by atoms with E-state index in [1.165, 1.54) is 11.3 Å². The van der Waals surface area contributed by atoms with Crippen LogP contribution in [-0.4, -0.2) is 14.9 Å². The first kappa shape index (κ1) is 14.5. The number of thiophene rings is 1. The van der Waals surface area contributed by atoms with Gasteiger partial charge in [-0.3, -0.25) is 4.68 Å². The van der Waals surface area contributed by atoms with Crippen LogP contribution in [0.3, 0.4) is 0 Å². The molecule has 7 heteroatoms. The summed E-state index contributed by atoms with van der Waals surface area (Å²) in [5, 5.41) is 15.1. The second-order valence-corrected chi connectivity index (χ2v) is 7.58. The third-order valence-electron chi connectivity index (χ3n) is 2.66. The van der Waals surface area contributed by atoms with Crippen molar-refractivity contribution in [3.63, 3.8) is 0 Å². The van der Waals surface area contributed by atoms with Crippen molar-refractivity contribution in [2.45, 2.75) is 19.4 Å². The van der Waals surface area contributed by atoms with Gasteiger partial charge in [0.2, 0.25) is 0 Å². The summed E-state index contributed by atoms with van der Waals surface area (Å²) in [4.78, 5) is 0.896. The topological polar surface area (TPSA) is 38.0 Å². The van der Waals surface area contributed by atoms with Crippen molar-refractivity contribution in [1.82, 2.24) is 9.78 Å². The summed E-state index contributed by atoms with van der Waals surface area (Å²) in [5.74, 6) is 0. The second kappa shape index (κ2) is 5.63. The molecule has 0 amide bonds. The van der Waals surface area contributed by atoms with Crippen molar-refractivity contribution in [3.05, 3.63) is 35.6 Å². The van der Waals surface area contributed by atoms with Crippen molar-refractivity contribution in [2.24, 2.45) is 7.05 Å². The third kappa shape index (κ3) is 2.82. The predicted molar refractivity (Wildman–Crippen MR) is 81.3 cm³/mol. The van der Waals surface area contributed by atoms with E-state index in [-0.39, 0.29) is 0 Å². The van der Waals surface area contributed by atoms with Crippen molar-refractivity contribution < 1.29 is 5.11 Å². The van der Waals surface area contributed by atoms with Crippen molar-refractivity contribution >= 4 is 54.8 Å². The molecule has 0 aliphatic rings. The first-order chi connectivity index (χ1) is 8.40. The van der Waals surface area contributed by atoms with Crippen LogP contribution < -0.4 is 0 Å². The van der Waals surface area contributed by atoms with Crippen LogP contribution in [0.4, 0.5) is 0 Å². The first-order valence-electron chi connectivity index (χ1n) is 5.21. The molecular weight excluding hydrogens is 403 g/mol. The van der Waals surface area contributed by atoms with Crippen LogP contribution in [0.2, 0.25) is 5.15 Å². The first-order valence-corrected chi connectivity index (χ1v) is 7.99. The monoisotopic (exact) mass is 412 g/mol. The van der Waals surface area contributed by atoms with Gasteiger partial charge in [0.05, 0.1) is 15.6 Å². The van der Waals surface area contributed by atoms with Crippen LogP contribution >= 0.6 is 54.8 Å². The lowest BCUT2D eigenvalue weighted by molar-refractivity contribution is 0.182. The lowest BCUT2D eigenvalue weighted by Crippen LogP contribution is -2.00. The van der Waals surface area contributed by atoms with Gasteiger partial charge in [-0.1, -0.05) is 11.6 Å². The lowest BCUT2D eigenvalue weighted by Gasteiger charge is -2.08. The molecule has 2 aromatic rings. The Kier molecular flexibility index (Phi) is 4.54. The van der Waals surface area contributed by atoms with E-state index >= 15 is 0 Å². The Morgan fingerprint density at radius 1 is 1.56 bits per heavy atom. The van der Waals surface area contributed by atoms with Gasteiger partial charge in [-0.2, -0.15) is 5.10 Å². The molecule has 0 saturated heterocycles. The van der Waals surface area contributed by atoms with Gasteiger partial charge >= 0.3 is 0 Å². The fourth-order valence-corrected chi connectivity index (χ4v) is 4.05. The fourth-order valence-electron chi connectivity index (χ4n) is 1.73. The van der Waals surface area contributed by atoms with Gasteiger partial charge in [-0.05, 0) is 44.8 Å². The Bertz CT molecular complexity index is 562. The predicted octanol–water partition coefficient (Wildman–Crippen LogP) is 4.24. The summed E-state index contributed by atoms with van der Waals surface area (Å²) in [6.07, 6.45) is -0.101. The zero-order valence-corrected chi connectivity index (χ0v) is 14.5. The van der Waals surface area contributed by atoms with E-state index in [9.17, 15) is 5.11 Å². The van der Waals surface area contributed by atoms with E-state index in [2.05, 4.69) is 37.0 Å². The lowest BCUT2D eigenvalue weighted by atomic mass is 10.1. The molecule has 18 heavy (non-hydrogen) atoms. The molecule has 0 aromatic carbocycles. The second-order valence-electron chi connectivity index (χ2n) is 3.97. The Morgan fingerprint density at radius 2 is 2.22 bits per heavy atom. The minimum Gasteiger partial charge on any atom is -0.387 e. The van der Waals surface area contributed by atoms with E-state index in [0.29, 0.717) is 11.6 Å². The quantitative estimate of drug-likeness (QED) is 0.816. The summed E-state index contributed by atoms with van der Waals surface area (Å²) in [7, 11) is 1.80. The normalized spacial score (nSPS) is 13.0. The molecule has 2 heterocycles. The summed E-state index contributed by atoms with van der Waals surface area (Å²) in [6.45, 7) is 1.90. The zero-order valence-electron chi connectivity index (χ0n) is 9.75. The maximum atomic E-state index is 10.2. The number of nitrogens with zero attached hydrogens (tertiary/aromatic N) is 2. The van der Waals surface area contributed by atoms with Gasteiger partial charge in [0.25, 0.3) is 0 Å². The molecule has 2 rings (SSSR count). The maximum Gasteiger partial charge on any atom is 0.130 e. The minimum atomic E-state index is -0.571. The van der Waals surface area contributed by atoms with Gasteiger partial charge in [-0.25, -0.2) is 0 Å². The number of aliphatic hydroxyl groups is 1. The smallest absolute Gasteiger partial charge is 0.130 e. The molecule has 0 spiro atoms. The molecule has 0 aliphatic heterocycles. The number of rotatable bonds is 3. The third-order valence-corrected chi connectivity index (χ3v) is 6.49. The highest BCUT2D eigenvalue weighted by Gasteiger charge is 2.19. The van der Waals surface area contributed by atoms with Crippen LogP contribution in [0.1, 0.15) is 22.2 Å². The highest BCUT2D eigenvalue weighted by molar-refractivity contribution is 9.13. The molecule has 0 bridgehead atoms. The van der Waals surface area contributed by atoms with E-state index in [1.807, 2.05) is 13.0 Å². The summed E-state index contributed by atoms with van der Waals surface area (Å²) >= 11 is 14.5. The van der Waals surface area contributed by atoms with Gasteiger partial charge < -0.3 is 5.11 Å². The Balaban J connectivity index is 2.23. The molecule has 1 atom stereocenters. The van der Waals surface area contributed by atoms with Crippen molar-refractivity contribution in [1.29, 1.82) is 0 Å². The number of halogens is 3. The Morgan fingerprint density at radius 3 is 2.67 bits per heavy atom. The number of hydrogen-bond acceptors (Lipinski definition) is 3. The van der Waals surface area contributed by atoms with Crippen LogP contribution in [0, 0.1) is 6.92 Å². The zero-order chi connectivity index (χ0) is 13.4. The van der Waals surface area contributed by atoms with Gasteiger partial charge in [0, 0.05) is 28.4 Å².